The van der Waals surface area contributed by atoms with Crippen LogP contribution in [0.5, 0.6) is 0 Å². The van der Waals surface area contributed by atoms with Crippen LogP contribution < -0.4 is 4.90 Å². The largest absolute Gasteiger partial charge is 0.478 e. The number of nitrogens with zero attached hydrogens (tertiary/aromatic N) is 2. The van der Waals surface area contributed by atoms with Crippen LogP contribution in [0.3, 0.4) is 0 Å². The zero-order valence-electron chi connectivity index (χ0n) is 10.3. The second kappa shape index (κ2) is 4.73. The number of carboxylic acids is 1. The number of pyridine rings is 1. The third-order valence-corrected chi connectivity index (χ3v) is 3.15. The highest BCUT2D eigenvalue weighted by molar-refractivity contribution is 5.94. The van der Waals surface area contributed by atoms with Gasteiger partial charge in [0, 0.05) is 25.0 Å². The fraction of sp³-hybridized carbons (Fsp3) is 0.538. The van der Waals surface area contributed by atoms with Gasteiger partial charge in [-0.2, -0.15) is 0 Å². The third kappa shape index (κ3) is 2.75. The summed E-state index contributed by atoms with van der Waals surface area (Å²) in [6.45, 7) is 5.74. The number of carboxylic acid groups (broad SMARTS) is 1. The van der Waals surface area contributed by atoms with Crippen LogP contribution in [0.15, 0.2) is 12.3 Å². The van der Waals surface area contributed by atoms with Gasteiger partial charge in [0.25, 0.3) is 0 Å². The van der Waals surface area contributed by atoms with E-state index in [1.54, 1.807) is 0 Å². The summed E-state index contributed by atoms with van der Waals surface area (Å²) in [5, 5.41) is 9.18. The van der Waals surface area contributed by atoms with Crippen LogP contribution >= 0.6 is 0 Å². The van der Waals surface area contributed by atoms with Crippen molar-refractivity contribution in [2.45, 2.75) is 26.7 Å². The van der Waals surface area contributed by atoms with Gasteiger partial charge in [0.1, 0.15) is 5.56 Å². The average Bonchev–Trinajstić information content (AvgIpc) is 3.09. The number of hydrogen-bond donors (Lipinski definition) is 1. The number of anilines is 1. The maximum atomic E-state index is 11.2. The molecule has 92 valence electrons. The number of aromatic carboxylic acids is 1. The lowest BCUT2D eigenvalue weighted by molar-refractivity contribution is 0.0697. The van der Waals surface area contributed by atoms with Gasteiger partial charge >= 0.3 is 5.97 Å². The van der Waals surface area contributed by atoms with E-state index in [9.17, 15) is 9.90 Å². The fourth-order valence-electron chi connectivity index (χ4n) is 1.98. The molecular formula is C13H18N2O2. The zero-order valence-corrected chi connectivity index (χ0v) is 10.3. The molecule has 0 radical (unpaired) electrons. The highest BCUT2D eigenvalue weighted by Gasteiger charge is 2.25. The third-order valence-electron chi connectivity index (χ3n) is 3.15. The molecule has 17 heavy (non-hydrogen) atoms. The Kier molecular flexibility index (Phi) is 3.31. The molecule has 1 aromatic heterocycles. The van der Waals surface area contributed by atoms with Crippen molar-refractivity contribution in [3.63, 3.8) is 0 Å². The number of aryl methyl sites for hydroxylation is 1. The molecule has 2 rings (SSSR count). The molecular weight excluding hydrogens is 216 g/mol. The van der Waals surface area contributed by atoms with E-state index in [0.29, 0.717) is 5.56 Å². The van der Waals surface area contributed by atoms with Crippen molar-refractivity contribution < 1.29 is 9.90 Å². The Morgan fingerprint density at radius 3 is 2.82 bits per heavy atom. The zero-order chi connectivity index (χ0) is 12.4. The van der Waals surface area contributed by atoms with Crippen molar-refractivity contribution in [2.75, 3.05) is 18.0 Å². The minimum absolute atomic E-state index is 0.304. The molecule has 1 heterocycles. The summed E-state index contributed by atoms with van der Waals surface area (Å²) in [6.07, 6.45) is 3.99. The van der Waals surface area contributed by atoms with Gasteiger partial charge in [-0.25, -0.2) is 4.79 Å². The van der Waals surface area contributed by atoms with Crippen LogP contribution in [0.2, 0.25) is 0 Å². The summed E-state index contributed by atoms with van der Waals surface area (Å²) in [6, 6.07) is 1.87. The molecule has 4 nitrogen and oxygen atoms in total. The Hall–Kier alpha value is -1.58. The molecule has 1 fully saturated rings. The Balaban J connectivity index is 2.31. The molecule has 0 spiro atoms. The molecule has 0 aromatic carbocycles. The van der Waals surface area contributed by atoms with E-state index in [1.807, 2.05) is 13.0 Å². The molecule has 4 heteroatoms. The minimum Gasteiger partial charge on any atom is -0.478 e. The standard InChI is InChI=1S/C13H18N2O2/c1-3-15(8-10-4-5-10)12-6-9(2)14-7-11(12)13(16)17/h6-7,10H,3-5,8H2,1-2H3,(H,16,17). The molecule has 0 amide bonds. The topological polar surface area (TPSA) is 53.4 Å². The van der Waals surface area contributed by atoms with Crippen LogP contribution in [0.25, 0.3) is 0 Å². The van der Waals surface area contributed by atoms with Crippen molar-refractivity contribution in [1.82, 2.24) is 4.98 Å². The lowest BCUT2D eigenvalue weighted by Crippen LogP contribution is -2.27. The van der Waals surface area contributed by atoms with Crippen molar-refractivity contribution >= 4 is 11.7 Å². The summed E-state index contributed by atoms with van der Waals surface area (Å²) < 4.78 is 0. The van der Waals surface area contributed by atoms with Gasteiger partial charge in [-0.3, -0.25) is 4.98 Å². The lowest BCUT2D eigenvalue weighted by atomic mass is 10.1. The summed E-state index contributed by atoms with van der Waals surface area (Å²) >= 11 is 0. The van der Waals surface area contributed by atoms with Crippen molar-refractivity contribution in [3.8, 4) is 0 Å². The normalized spacial score (nSPS) is 14.7. The fourth-order valence-corrected chi connectivity index (χ4v) is 1.98. The summed E-state index contributed by atoms with van der Waals surface area (Å²) in [4.78, 5) is 17.4. The SMILES string of the molecule is CCN(CC1CC1)c1cc(C)ncc1C(=O)O. The van der Waals surface area contributed by atoms with Gasteiger partial charge in [-0.05, 0) is 38.7 Å². The maximum absolute atomic E-state index is 11.2. The van der Waals surface area contributed by atoms with E-state index < -0.39 is 5.97 Å². The van der Waals surface area contributed by atoms with Crippen LogP contribution in [-0.4, -0.2) is 29.1 Å². The number of hydrogen-bond acceptors (Lipinski definition) is 3. The number of carbonyl (C=O) groups is 1. The van der Waals surface area contributed by atoms with Crippen LogP contribution in [0.1, 0.15) is 35.8 Å². The van der Waals surface area contributed by atoms with Crippen molar-refractivity contribution in [2.24, 2.45) is 5.92 Å². The van der Waals surface area contributed by atoms with Crippen LogP contribution in [0.4, 0.5) is 5.69 Å². The highest BCUT2D eigenvalue weighted by Crippen LogP contribution is 2.32. The van der Waals surface area contributed by atoms with E-state index in [2.05, 4.69) is 16.8 Å². The Morgan fingerprint density at radius 2 is 2.29 bits per heavy atom. The van der Waals surface area contributed by atoms with Gasteiger partial charge in [0.2, 0.25) is 0 Å². The van der Waals surface area contributed by atoms with E-state index in [0.717, 1.165) is 30.4 Å². The Morgan fingerprint density at radius 1 is 1.59 bits per heavy atom. The van der Waals surface area contributed by atoms with E-state index in [1.165, 1.54) is 19.0 Å². The van der Waals surface area contributed by atoms with E-state index in [-0.39, 0.29) is 0 Å². The molecule has 0 saturated heterocycles. The van der Waals surface area contributed by atoms with Crippen molar-refractivity contribution in [3.05, 3.63) is 23.5 Å². The van der Waals surface area contributed by atoms with E-state index >= 15 is 0 Å². The Labute approximate surface area is 101 Å². The summed E-state index contributed by atoms with van der Waals surface area (Å²) in [7, 11) is 0. The minimum atomic E-state index is -0.901. The monoisotopic (exact) mass is 234 g/mol. The van der Waals surface area contributed by atoms with Gasteiger partial charge in [0.15, 0.2) is 0 Å². The smallest absolute Gasteiger partial charge is 0.339 e. The Bertz CT molecular complexity index is 427. The highest BCUT2D eigenvalue weighted by atomic mass is 16.4. The average molecular weight is 234 g/mol. The van der Waals surface area contributed by atoms with Gasteiger partial charge in [-0.1, -0.05) is 0 Å². The second-order valence-electron chi connectivity index (χ2n) is 4.63. The molecule has 1 saturated carbocycles. The molecule has 0 unspecified atom stereocenters. The first-order chi connectivity index (χ1) is 8.11. The summed E-state index contributed by atoms with van der Waals surface area (Å²) in [5.41, 5.74) is 1.97. The first-order valence-electron chi connectivity index (χ1n) is 6.06. The van der Waals surface area contributed by atoms with E-state index in [4.69, 9.17) is 0 Å². The molecule has 0 bridgehead atoms. The first-order valence-corrected chi connectivity index (χ1v) is 6.06. The lowest BCUT2D eigenvalue weighted by Gasteiger charge is -2.24. The van der Waals surface area contributed by atoms with Crippen LogP contribution in [0, 0.1) is 12.8 Å². The molecule has 1 N–H and O–H groups in total. The number of rotatable bonds is 5. The predicted molar refractivity (Wildman–Crippen MR) is 66.5 cm³/mol. The second-order valence-corrected chi connectivity index (χ2v) is 4.63. The maximum Gasteiger partial charge on any atom is 0.339 e. The molecule has 1 aliphatic rings. The first kappa shape index (κ1) is 11.9. The molecule has 0 atom stereocenters. The van der Waals surface area contributed by atoms with Gasteiger partial charge < -0.3 is 10.0 Å². The molecule has 1 aromatic rings. The van der Waals surface area contributed by atoms with Crippen molar-refractivity contribution in [1.29, 1.82) is 0 Å². The molecule has 1 aliphatic carbocycles. The predicted octanol–water partition coefficient (Wildman–Crippen LogP) is 2.32. The summed E-state index contributed by atoms with van der Waals surface area (Å²) in [5.74, 6) is -0.160. The van der Waals surface area contributed by atoms with Gasteiger partial charge in [-0.15, -0.1) is 0 Å². The van der Waals surface area contributed by atoms with Crippen LogP contribution in [-0.2, 0) is 0 Å². The quantitative estimate of drug-likeness (QED) is 0.849. The van der Waals surface area contributed by atoms with Gasteiger partial charge in [0.05, 0.1) is 5.69 Å². The number of aromatic nitrogens is 1. The molecule has 0 aliphatic heterocycles.